The van der Waals surface area contributed by atoms with Gasteiger partial charge in [-0.3, -0.25) is 4.79 Å². The molecule has 0 fully saturated rings. The normalized spacial score (nSPS) is 28.0. The Morgan fingerprint density at radius 1 is 1.58 bits per heavy atom. The molecular weight excluding hydrogens is 156 g/mol. The second kappa shape index (κ2) is 3.54. The summed E-state index contributed by atoms with van der Waals surface area (Å²) in [7, 11) is 3.11. The maximum atomic E-state index is 10.7. The Kier molecular flexibility index (Phi) is 2.65. The first-order valence-corrected chi connectivity index (χ1v) is 3.71. The van der Waals surface area contributed by atoms with Gasteiger partial charge in [0.1, 0.15) is 11.4 Å². The van der Waals surface area contributed by atoms with Crippen molar-refractivity contribution in [1.82, 2.24) is 0 Å². The first-order chi connectivity index (χ1) is 5.76. The van der Waals surface area contributed by atoms with E-state index >= 15 is 0 Å². The number of hydrogen-bond acceptors (Lipinski definition) is 3. The third kappa shape index (κ3) is 1.56. The van der Waals surface area contributed by atoms with Crippen molar-refractivity contribution < 1.29 is 14.3 Å². The van der Waals surface area contributed by atoms with Gasteiger partial charge in [-0.2, -0.15) is 0 Å². The quantitative estimate of drug-likeness (QED) is 0.591. The molecule has 0 radical (unpaired) electrons. The van der Waals surface area contributed by atoms with Crippen molar-refractivity contribution >= 4 is 6.29 Å². The molecule has 66 valence electrons. The third-order valence-corrected chi connectivity index (χ3v) is 1.97. The van der Waals surface area contributed by atoms with Gasteiger partial charge in [-0.1, -0.05) is 0 Å². The highest BCUT2D eigenvalue weighted by Crippen LogP contribution is 2.22. The van der Waals surface area contributed by atoms with Crippen LogP contribution in [0.3, 0.4) is 0 Å². The standard InChI is InChI=1S/C9H12O3/c1-11-8-3-5-9(7-10,12-2)6-4-8/h3-5,7H,6H2,1-2H3. The van der Waals surface area contributed by atoms with Crippen LogP contribution in [-0.2, 0) is 14.3 Å². The summed E-state index contributed by atoms with van der Waals surface area (Å²) >= 11 is 0. The summed E-state index contributed by atoms with van der Waals surface area (Å²) in [5, 5.41) is 0. The van der Waals surface area contributed by atoms with Crippen molar-refractivity contribution in [1.29, 1.82) is 0 Å². The van der Waals surface area contributed by atoms with Gasteiger partial charge in [-0.15, -0.1) is 0 Å². The summed E-state index contributed by atoms with van der Waals surface area (Å²) in [4.78, 5) is 10.7. The number of methoxy groups -OCH3 is 2. The van der Waals surface area contributed by atoms with Crippen LogP contribution < -0.4 is 0 Å². The molecule has 0 aromatic carbocycles. The van der Waals surface area contributed by atoms with Crippen molar-refractivity contribution in [3.63, 3.8) is 0 Å². The van der Waals surface area contributed by atoms with Crippen molar-refractivity contribution in [2.45, 2.75) is 12.0 Å². The highest BCUT2D eigenvalue weighted by molar-refractivity contribution is 5.67. The van der Waals surface area contributed by atoms with Gasteiger partial charge in [0.15, 0.2) is 6.29 Å². The van der Waals surface area contributed by atoms with Crippen LogP contribution in [0, 0.1) is 0 Å². The zero-order valence-electron chi connectivity index (χ0n) is 7.24. The summed E-state index contributed by atoms with van der Waals surface area (Å²) in [5.74, 6) is 0.768. The van der Waals surface area contributed by atoms with E-state index in [0.29, 0.717) is 6.42 Å². The number of ether oxygens (including phenoxy) is 2. The highest BCUT2D eigenvalue weighted by atomic mass is 16.5. The lowest BCUT2D eigenvalue weighted by atomic mass is 9.96. The topological polar surface area (TPSA) is 35.5 Å². The molecule has 0 saturated carbocycles. The van der Waals surface area contributed by atoms with Gasteiger partial charge >= 0.3 is 0 Å². The Bertz CT molecular complexity index is 230. The molecule has 0 aliphatic heterocycles. The van der Waals surface area contributed by atoms with E-state index in [9.17, 15) is 4.79 Å². The SMILES string of the molecule is COC1=CCC(C=O)(OC)C=C1. The number of aldehydes is 1. The van der Waals surface area contributed by atoms with E-state index in [1.807, 2.05) is 6.08 Å². The number of rotatable bonds is 3. The van der Waals surface area contributed by atoms with Gasteiger partial charge in [0.05, 0.1) is 7.11 Å². The largest absolute Gasteiger partial charge is 0.497 e. The van der Waals surface area contributed by atoms with E-state index < -0.39 is 5.60 Å². The number of carbonyl (C=O) groups excluding carboxylic acids is 1. The molecule has 0 spiro atoms. The molecule has 0 heterocycles. The van der Waals surface area contributed by atoms with Crippen molar-refractivity contribution in [2.75, 3.05) is 14.2 Å². The zero-order valence-corrected chi connectivity index (χ0v) is 7.24. The van der Waals surface area contributed by atoms with Crippen molar-refractivity contribution in [2.24, 2.45) is 0 Å². The predicted octanol–water partition coefficient (Wildman–Crippen LogP) is 1.06. The Balaban J connectivity index is 2.74. The molecule has 1 unspecified atom stereocenters. The van der Waals surface area contributed by atoms with E-state index in [4.69, 9.17) is 9.47 Å². The molecule has 1 atom stereocenters. The summed E-state index contributed by atoms with van der Waals surface area (Å²) < 4.78 is 10.0. The van der Waals surface area contributed by atoms with E-state index in [1.165, 1.54) is 7.11 Å². The molecule has 0 aromatic heterocycles. The summed E-state index contributed by atoms with van der Waals surface area (Å²) in [6.07, 6.45) is 6.61. The van der Waals surface area contributed by atoms with E-state index in [-0.39, 0.29) is 0 Å². The monoisotopic (exact) mass is 168 g/mol. The van der Waals surface area contributed by atoms with Crippen molar-refractivity contribution in [3.8, 4) is 0 Å². The van der Waals surface area contributed by atoms with Gasteiger partial charge in [-0.25, -0.2) is 0 Å². The van der Waals surface area contributed by atoms with Crippen LogP contribution in [-0.4, -0.2) is 26.1 Å². The van der Waals surface area contributed by atoms with Gasteiger partial charge < -0.3 is 9.47 Å². The molecule has 3 nitrogen and oxygen atoms in total. The average molecular weight is 168 g/mol. The van der Waals surface area contributed by atoms with E-state index in [2.05, 4.69) is 0 Å². The summed E-state index contributed by atoms with van der Waals surface area (Å²) in [5.41, 5.74) is -0.776. The lowest BCUT2D eigenvalue weighted by Crippen LogP contribution is -2.31. The van der Waals surface area contributed by atoms with Crippen LogP contribution in [0.4, 0.5) is 0 Å². The maximum absolute atomic E-state index is 10.7. The Hall–Kier alpha value is -1.09. The maximum Gasteiger partial charge on any atom is 0.156 e. The molecule has 0 saturated heterocycles. The second-order valence-corrected chi connectivity index (χ2v) is 2.63. The number of carbonyl (C=O) groups is 1. The smallest absolute Gasteiger partial charge is 0.156 e. The first kappa shape index (κ1) is 9.00. The summed E-state index contributed by atoms with van der Waals surface area (Å²) in [6.45, 7) is 0. The van der Waals surface area contributed by atoms with E-state index in [1.54, 1.807) is 19.3 Å². The Morgan fingerprint density at radius 3 is 2.67 bits per heavy atom. The van der Waals surface area contributed by atoms with Gasteiger partial charge in [-0.05, 0) is 18.2 Å². The predicted molar refractivity (Wildman–Crippen MR) is 44.7 cm³/mol. The van der Waals surface area contributed by atoms with Crippen LogP contribution >= 0.6 is 0 Å². The van der Waals surface area contributed by atoms with Gasteiger partial charge in [0, 0.05) is 13.5 Å². The number of allylic oxidation sites excluding steroid dienone is 1. The Labute approximate surface area is 71.7 Å². The second-order valence-electron chi connectivity index (χ2n) is 2.63. The number of hydrogen-bond donors (Lipinski definition) is 0. The van der Waals surface area contributed by atoms with Crippen molar-refractivity contribution in [3.05, 3.63) is 24.0 Å². The fraction of sp³-hybridized carbons (Fsp3) is 0.444. The minimum atomic E-state index is -0.776. The zero-order chi connectivity index (χ0) is 9.03. The molecule has 1 aliphatic rings. The molecule has 0 aromatic rings. The molecule has 1 aliphatic carbocycles. The summed E-state index contributed by atoms with van der Waals surface area (Å²) in [6, 6.07) is 0. The van der Waals surface area contributed by atoms with Crippen LogP contribution in [0.2, 0.25) is 0 Å². The lowest BCUT2D eigenvalue weighted by molar-refractivity contribution is -0.122. The minimum Gasteiger partial charge on any atom is -0.497 e. The molecule has 0 amide bonds. The van der Waals surface area contributed by atoms with Gasteiger partial charge in [0.2, 0.25) is 0 Å². The van der Waals surface area contributed by atoms with Crippen LogP contribution in [0.25, 0.3) is 0 Å². The molecule has 0 N–H and O–H groups in total. The van der Waals surface area contributed by atoms with E-state index in [0.717, 1.165) is 12.0 Å². The average Bonchev–Trinajstić information content (AvgIpc) is 2.18. The molecule has 3 heteroatoms. The fourth-order valence-corrected chi connectivity index (χ4v) is 1.06. The molecule has 0 bridgehead atoms. The third-order valence-electron chi connectivity index (χ3n) is 1.97. The van der Waals surface area contributed by atoms with Crippen LogP contribution in [0.5, 0.6) is 0 Å². The highest BCUT2D eigenvalue weighted by Gasteiger charge is 2.27. The fourth-order valence-electron chi connectivity index (χ4n) is 1.06. The molecular formula is C9H12O3. The lowest BCUT2D eigenvalue weighted by Gasteiger charge is -2.23. The molecule has 1 rings (SSSR count). The van der Waals surface area contributed by atoms with Crippen LogP contribution in [0.1, 0.15) is 6.42 Å². The van der Waals surface area contributed by atoms with Crippen LogP contribution in [0.15, 0.2) is 24.0 Å². The molecule has 12 heavy (non-hydrogen) atoms. The minimum absolute atomic E-state index is 0.534. The Morgan fingerprint density at radius 2 is 2.33 bits per heavy atom. The van der Waals surface area contributed by atoms with Gasteiger partial charge in [0.25, 0.3) is 0 Å². The first-order valence-electron chi connectivity index (χ1n) is 3.71.